The van der Waals surface area contributed by atoms with E-state index in [1.54, 1.807) is 24.3 Å². The second kappa shape index (κ2) is 5.12. The van der Waals surface area contributed by atoms with E-state index in [1.807, 2.05) is 6.07 Å². The highest BCUT2D eigenvalue weighted by Gasteiger charge is 2.08. The van der Waals surface area contributed by atoms with Crippen LogP contribution in [-0.2, 0) is 13.6 Å². The Morgan fingerprint density at radius 3 is 2.74 bits per heavy atom. The molecule has 0 bridgehead atoms. The lowest BCUT2D eigenvalue weighted by Crippen LogP contribution is -2.37. The van der Waals surface area contributed by atoms with Crippen LogP contribution in [0.25, 0.3) is 0 Å². The summed E-state index contributed by atoms with van der Waals surface area (Å²) in [6, 6.07) is 10.1. The second-order valence-electron chi connectivity index (χ2n) is 4.05. The van der Waals surface area contributed by atoms with Crippen LogP contribution in [0.3, 0.4) is 0 Å². The van der Waals surface area contributed by atoms with Crippen molar-refractivity contribution in [2.75, 3.05) is 0 Å². The summed E-state index contributed by atoms with van der Waals surface area (Å²) < 4.78 is 2.26. The minimum atomic E-state index is -0.486. The lowest BCUT2D eigenvalue weighted by atomic mass is 10.1. The van der Waals surface area contributed by atoms with Crippen LogP contribution in [0.1, 0.15) is 11.1 Å². The van der Waals surface area contributed by atoms with Gasteiger partial charge < -0.3 is 0 Å². The van der Waals surface area contributed by atoms with Crippen LogP contribution >= 0.6 is 11.6 Å². The van der Waals surface area contributed by atoms with Crippen molar-refractivity contribution >= 4 is 11.6 Å². The molecule has 0 N–H and O–H groups in total. The zero-order valence-corrected chi connectivity index (χ0v) is 10.9. The third-order valence-electron chi connectivity index (χ3n) is 2.75. The van der Waals surface area contributed by atoms with E-state index in [0.29, 0.717) is 5.56 Å². The number of nitrogens with zero attached hydrogens (tertiary/aromatic N) is 3. The molecule has 19 heavy (non-hydrogen) atoms. The average Bonchev–Trinajstić information content (AvgIpc) is 2.41. The highest BCUT2D eigenvalue weighted by Crippen LogP contribution is 2.09. The van der Waals surface area contributed by atoms with Gasteiger partial charge in [-0.25, -0.2) is 4.79 Å². The van der Waals surface area contributed by atoms with Crippen molar-refractivity contribution in [3.05, 3.63) is 67.4 Å². The van der Waals surface area contributed by atoms with E-state index in [1.165, 1.54) is 17.7 Å². The van der Waals surface area contributed by atoms with Crippen molar-refractivity contribution in [3.63, 3.8) is 0 Å². The summed E-state index contributed by atoms with van der Waals surface area (Å²) in [5, 5.41) is 8.91. The fraction of sp³-hybridized carbons (Fsp3) is 0.154. The Morgan fingerprint density at radius 1 is 1.32 bits per heavy atom. The minimum absolute atomic E-state index is 0.0791. The molecule has 0 aliphatic rings. The van der Waals surface area contributed by atoms with Gasteiger partial charge in [-0.05, 0) is 17.7 Å². The summed E-state index contributed by atoms with van der Waals surface area (Å²) in [4.78, 5) is 23.3. The fourth-order valence-corrected chi connectivity index (χ4v) is 1.93. The van der Waals surface area contributed by atoms with Gasteiger partial charge in [0.2, 0.25) is 0 Å². The molecular formula is C13H10ClN3O2. The number of nitriles is 1. The number of hydrogen-bond acceptors (Lipinski definition) is 3. The molecule has 1 aromatic carbocycles. The lowest BCUT2D eigenvalue weighted by Gasteiger charge is -2.09. The van der Waals surface area contributed by atoms with Crippen molar-refractivity contribution in [2.45, 2.75) is 6.54 Å². The highest BCUT2D eigenvalue weighted by atomic mass is 35.5. The maximum Gasteiger partial charge on any atom is 0.332 e. The number of halogens is 1. The zero-order chi connectivity index (χ0) is 14.0. The van der Waals surface area contributed by atoms with Crippen LogP contribution in [0.4, 0.5) is 0 Å². The molecular weight excluding hydrogens is 266 g/mol. The molecule has 0 aliphatic carbocycles. The summed E-state index contributed by atoms with van der Waals surface area (Å²) in [5.41, 5.74) is 0.338. The van der Waals surface area contributed by atoms with Crippen LogP contribution in [0, 0.1) is 11.3 Å². The standard InChI is InChI=1S/C13H10ClN3O2/c1-16-12(18)6-11(14)17(13(16)19)8-10-4-2-3-9(5-10)7-15/h2-6H,8H2,1H3. The van der Waals surface area contributed by atoms with Gasteiger partial charge in [0.25, 0.3) is 5.56 Å². The first-order valence-electron chi connectivity index (χ1n) is 5.48. The molecule has 2 rings (SSSR count). The van der Waals surface area contributed by atoms with E-state index in [9.17, 15) is 9.59 Å². The molecule has 0 saturated heterocycles. The van der Waals surface area contributed by atoms with Crippen molar-refractivity contribution in [3.8, 4) is 6.07 Å². The molecule has 5 nitrogen and oxygen atoms in total. The molecule has 2 aromatic rings. The number of aromatic nitrogens is 2. The maximum absolute atomic E-state index is 11.9. The summed E-state index contributed by atoms with van der Waals surface area (Å²) in [6.45, 7) is 0.210. The molecule has 0 saturated carbocycles. The van der Waals surface area contributed by atoms with Crippen LogP contribution in [0.15, 0.2) is 39.9 Å². The summed E-state index contributed by atoms with van der Waals surface area (Å²) in [6.07, 6.45) is 0. The fourth-order valence-electron chi connectivity index (χ4n) is 1.71. The summed E-state index contributed by atoms with van der Waals surface area (Å²) in [5.74, 6) is 0. The van der Waals surface area contributed by atoms with E-state index < -0.39 is 11.2 Å². The van der Waals surface area contributed by atoms with Crippen molar-refractivity contribution < 1.29 is 0 Å². The smallest absolute Gasteiger partial charge is 0.279 e. The second-order valence-corrected chi connectivity index (χ2v) is 4.43. The molecule has 6 heteroatoms. The van der Waals surface area contributed by atoms with Crippen LogP contribution < -0.4 is 11.2 Å². The maximum atomic E-state index is 11.9. The van der Waals surface area contributed by atoms with Crippen molar-refractivity contribution in [1.29, 1.82) is 5.26 Å². The zero-order valence-electron chi connectivity index (χ0n) is 10.1. The van der Waals surface area contributed by atoms with Crippen molar-refractivity contribution in [1.82, 2.24) is 9.13 Å². The Hall–Kier alpha value is -2.32. The number of rotatable bonds is 2. The van der Waals surface area contributed by atoms with Gasteiger partial charge in [-0.15, -0.1) is 0 Å². The largest absolute Gasteiger partial charge is 0.332 e. The van der Waals surface area contributed by atoms with E-state index >= 15 is 0 Å². The predicted molar refractivity (Wildman–Crippen MR) is 71.2 cm³/mol. The molecule has 0 spiro atoms. The molecule has 0 unspecified atom stereocenters. The number of benzene rings is 1. The summed E-state index contributed by atoms with van der Waals surface area (Å²) >= 11 is 5.91. The average molecular weight is 276 g/mol. The van der Waals surface area contributed by atoms with E-state index in [0.717, 1.165) is 10.1 Å². The van der Waals surface area contributed by atoms with Gasteiger partial charge in [0.15, 0.2) is 0 Å². The van der Waals surface area contributed by atoms with Gasteiger partial charge in [0.1, 0.15) is 5.15 Å². The van der Waals surface area contributed by atoms with E-state index in [4.69, 9.17) is 16.9 Å². The predicted octanol–water partition coefficient (Wildman–Crippen LogP) is 1.12. The molecule has 1 heterocycles. The first kappa shape index (κ1) is 13.1. The molecule has 0 aliphatic heterocycles. The molecule has 0 atom stereocenters. The lowest BCUT2D eigenvalue weighted by molar-refractivity contribution is 0.646. The Kier molecular flexibility index (Phi) is 3.54. The third-order valence-corrected chi connectivity index (χ3v) is 3.06. The van der Waals surface area contributed by atoms with Gasteiger partial charge in [0, 0.05) is 13.1 Å². The van der Waals surface area contributed by atoms with E-state index in [2.05, 4.69) is 0 Å². The van der Waals surface area contributed by atoms with Crippen molar-refractivity contribution in [2.24, 2.45) is 7.05 Å². The normalized spacial score (nSPS) is 10.2. The number of hydrogen-bond donors (Lipinski definition) is 0. The van der Waals surface area contributed by atoms with Crippen LogP contribution in [-0.4, -0.2) is 9.13 Å². The highest BCUT2D eigenvalue weighted by molar-refractivity contribution is 6.29. The molecule has 0 fully saturated rings. The molecule has 0 amide bonds. The molecule has 1 aromatic heterocycles. The quantitative estimate of drug-likeness (QED) is 0.771. The third kappa shape index (κ3) is 2.59. The Balaban J connectivity index is 2.50. The first-order chi connectivity index (χ1) is 9.02. The van der Waals surface area contributed by atoms with E-state index in [-0.39, 0.29) is 11.7 Å². The minimum Gasteiger partial charge on any atom is -0.279 e. The van der Waals surface area contributed by atoms with Gasteiger partial charge in [0.05, 0.1) is 18.2 Å². The van der Waals surface area contributed by atoms with Gasteiger partial charge in [-0.1, -0.05) is 23.7 Å². The van der Waals surface area contributed by atoms with Gasteiger partial charge in [-0.3, -0.25) is 13.9 Å². The molecule has 96 valence electrons. The van der Waals surface area contributed by atoms with Crippen LogP contribution in [0.5, 0.6) is 0 Å². The Bertz CT molecular complexity index is 784. The van der Waals surface area contributed by atoms with Gasteiger partial charge >= 0.3 is 5.69 Å². The SMILES string of the molecule is Cn1c(=O)cc(Cl)n(Cc2cccc(C#N)c2)c1=O. The Labute approximate surface area is 113 Å². The van der Waals surface area contributed by atoms with Crippen LogP contribution in [0.2, 0.25) is 5.15 Å². The molecule has 0 radical (unpaired) electrons. The topological polar surface area (TPSA) is 67.8 Å². The summed E-state index contributed by atoms with van der Waals surface area (Å²) in [7, 11) is 1.39. The van der Waals surface area contributed by atoms with Gasteiger partial charge in [-0.2, -0.15) is 5.26 Å². The first-order valence-corrected chi connectivity index (χ1v) is 5.86. The Morgan fingerprint density at radius 2 is 2.05 bits per heavy atom. The monoisotopic (exact) mass is 275 g/mol.